The number of benzene rings is 2. The van der Waals surface area contributed by atoms with Crippen LogP contribution in [0.2, 0.25) is 5.15 Å². The van der Waals surface area contributed by atoms with E-state index in [1.54, 1.807) is 0 Å². The minimum absolute atomic E-state index is 0.365. The molecule has 0 aliphatic heterocycles. The summed E-state index contributed by atoms with van der Waals surface area (Å²) in [5, 5.41) is 9.95. The Morgan fingerprint density at radius 2 is 1.57 bits per heavy atom. The standard InChI is InChI=1S/C16H13ClN2O2/c1-2-20-11-7-9-12(10-8-11)21-16-14-6-4-3-5-13(14)15(17)18-19-16/h3-10H,2H2,1H3. The molecule has 21 heavy (non-hydrogen) atoms. The van der Waals surface area contributed by atoms with Crippen LogP contribution in [0.5, 0.6) is 17.4 Å². The Balaban J connectivity index is 1.93. The summed E-state index contributed by atoms with van der Waals surface area (Å²) in [6.07, 6.45) is 0. The van der Waals surface area contributed by atoms with Crippen LogP contribution in [0.25, 0.3) is 10.8 Å². The number of hydrogen-bond acceptors (Lipinski definition) is 4. The van der Waals surface area contributed by atoms with Gasteiger partial charge in [0, 0.05) is 10.8 Å². The summed E-state index contributed by atoms with van der Waals surface area (Å²) >= 11 is 6.04. The molecule has 0 bridgehead atoms. The highest BCUT2D eigenvalue weighted by Crippen LogP contribution is 2.30. The van der Waals surface area contributed by atoms with Gasteiger partial charge in [0.15, 0.2) is 5.15 Å². The third-order valence-corrected chi connectivity index (χ3v) is 3.24. The van der Waals surface area contributed by atoms with Gasteiger partial charge in [-0.1, -0.05) is 29.8 Å². The average Bonchev–Trinajstić information content (AvgIpc) is 2.52. The van der Waals surface area contributed by atoms with E-state index < -0.39 is 0 Å². The van der Waals surface area contributed by atoms with Gasteiger partial charge in [-0.15, -0.1) is 10.2 Å². The maximum Gasteiger partial charge on any atom is 0.246 e. The van der Waals surface area contributed by atoms with Crippen molar-refractivity contribution in [2.45, 2.75) is 6.92 Å². The Morgan fingerprint density at radius 1 is 0.905 bits per heavy atom. The lowest BCUT2D eigenvalue weighted by Crippen LogP contribution is -1.94. The highest BCUT2D eigenvalue weighted by molar-refractivity contribution is 6.34. The number of aromatic nitrogens is 2. The van der Waals surface area contributed by atoms with E-state index in [2.05, 4.69) is 10.2 Å². The molecule has 3 aromatic rings. The van der Waals surface area contributed by atoms with Crippen molar-refractivity contribution in [2.24, 2.45) is 0 Å². The van der Waals surface area contributed by atoms with E-state index in [9.17, 15) is 0 Å². The van der Waals surface area contributed by atoms with Crippen LogP contribution in [0.4, 0.5) is 0 Å². The van der Waals surface area contributed by atoms with Gasteiger partial charge in [-0.2, -0.15) is 0 Å². The minimum Gasteiger partial charge on any atom is -0.494 e. The van der Waals surface area contributed by atoms with Crippen molar-refractivity contribution in [1.82, 2.24) is 10.2 Å². The fourth-order valence-corrected chi connectivity index (χ4v) is 2.21. The summed E-state index contributed by atoms with van der Waals surface area (Å²) in [6, 6.07) is 15.0. The molecule has 4 nitrogen and oxygen atoms in total. The fourth-order valence-electron chi connectivity index (χ4n) is 2.00. The molecule has 0 spiro atoms. The van der Waals surface area contributed by atoms with E-state index >= 15 is 0 Å². The molecule has 106 valence electrons. The van der Waals surface area contributed by atoms with E-state index in [0.717, 1.165) is 16.5 Å². The molecule has 0 saturated carbocycles. The first-order chi connectivity index (χ1) is 10.3. The minimum atomic E-state index is 0.365. The summed E-state index contributed by atoms with van der Waals surface area (Å²) in [5.41, 5.74) is 0. The average molecular weight is 301 g/mol. The Labute approximate surface area is 127 Å². The summed E-state index contributed by atoms with van der Waals surface area (Å²) in [6.45, 7) is 2.58. The number of rotatable bonds is 4. The van der Waals surface area contributed by atoms with Crippen LogP contribution in [0, 0.1) is 0 Å². The summed E-state index contributed by atoms with van der Waals surface area (Å²) < 4.78 is 11.2. The number of nitrogens with zero attached hydrogens (tertiary/aromatic N) is 2. The molecule has 0 atom stereocenters. The van der Waals surface area contributed by atoms with Gasteiger partial charge in [0.25, 0.3) is 0 Å². The lowest BCUT2D eigenvalue weighted by Gasteiger charge is -2.08. The van der Waals surface area contributed by atoms with E-state index in [-0.39, 0.29) is 0 Å². The molecule has 0 N–H and O–H groups in total. The molecule has 5 heteroatoms. The Kier molecular flexibility index (Phi) is 3.88. The first kappa shape index (κ1) is 13.6. The van der Waals surface area contributed by atoms with Gasteiger partial charge in [0.1, 0.15) is 11.5 Å². The van der Waals surface area contributed by atoms with Crippen molar-refractivity contribution in [2.75, 3.05) is 6.61 Å². The van der Waals surface area contributed by atoms with Crippen LogP contribution in [0.15, 0.2) is 48.5 Å². The monoisotopic (exact) mass is 300 g/mol. The molecule has 0 amide bonds. The third kappa shape index (κ3) is 2.90. The summed E-state index contributed by atoms with van der Waals surface area (Å²) in [7, 11) is 0. The highest BCUT2D eigenvalue weighted by Gasteiger charge is 2.09. The molecule has 2 aromatic carbocycles. The first-order valence-electron chi connectivity index (χ1n) is 6.59. The van der Waals surface area contributed by atoms with Crippen molar-refractivity contribution in [3.05, 3.63) is 53.7 Å². The van der Waals surface area contributed by atoms with E-state index in [1.807, 2.05) is 55.5 Å². The predicted octanol–water partition coefficient (Wildman–Crippen LogP) is 4.47. The third-order valence-electron chi connectivity index (χ3n) is 2.96. The van der Waals surface area contributed by atoms with Gasteiger partial charge in [-0.3, -0.25) is 0 Å². The summed E-state index contributed by atoms with van der Waals surface area (Å²) in [4.78, 5) is 0. The van der Waals surface area contributed by atoms with Crippen molar-refractivity contribution in [3.63, 3.8) is 0 Å². The molecule has 3 rings (SSSR count). The quantitative estimate of drug-likeness (QED) is 0.713. The zero-order chi connectivity index (χ0) is 14.7. The SMILES string of the molecule is CCOc1ccc(Oc2nnc(Cl)c3ccccc23)cc1. The molecule has 0 unspecified atom stereocenters. The second-order valence-electron chi connectivity index (χ2n) is 4.35. The van der Waals surface area contributed by atoms with Crippen LogP contribution >= 0.6 is 11.6 Å². The Bertz CT molecular complexity index is 760. The Hall–Kier alpha value is -2.33. The molecule has 0 aliphatic rings. The van der Waals surface area contributed by atoms with Gasteiger partial charge in [-0.05, 0) is 37.3 Å². The van der Waals surface area contributed by atoms with Crippen molar-refractivity contribution < 1.29 is 9.47 Å². The lowest BCUT2D eigenvalue weighted by molar-refractivity contribution is 0.339. The Morgan fingerprint density at radius 3 is 2.29 bits per heavy atom. The molecule has 0 saturated heterocycles. The maximum atomic E-state index is 6.04. The van der Waals surface area contributed by atoms with E-state index in [0.29, 0.717) is 23.4 Å². The van der Waals surface area contributed by atoms with Gasteiger partial charge in [0.05, 0.1) is 6.61 Å². The molecule has 0 fully saturated rings. The smallest absolute Gasteiger partial charge is 0.246 e. The highest BCUT2D eigenvalue weighted by atomic mass is 35.5. The van der Waals surface area contributed by atoms with Crippen LogP contribution in [-0.2, 0) is 0 Å². The largest absolute Gasteiger partial charge is 0.494 e. The van der Waals surface area contributed by atoms with Gasteiger partial charge >= 0.3 is 0 Å². The van der Waals surface area contributed by atoms with E-state index in [4.69, 9.17) is 21.1 Å². The van der Waals surface area contributed by atoms with Crippen LogP contribution < -0.4 is 9.47 Å². The fraction of sp³-hybridized carbons (Fsp3) is 0.125. The molecule has 1 heterocycles. The maximum absolute atomic E-state index is 6.04. The zero-order valence-corrected chi connectivity index (χ0v) is 12.2. The normalized spacial score (nSPS) is 10.6. The second-order valence-corrected chi connectivity index (χ2v) is 4.71. The number of halogens is 1. The van der Waals surface area contributed by atoms with Crippen molar-refractivity contribution in [1.29, 1.82) is 0 Å². The molecular formula is C16H13ClN2O2. The second kappa shape index (κ2) is 5.97. The van der Waals surface area contributed by atoms with Crippen LogP contribution in [-0.4, -0.2) is 16.8 Å². The van der Waals surface area contributed by atoms with Gasteiger partial charge in [-0.25, -0.2) is 0 Å². The predicted molar refractivity (Wildman–Crippen MR) is 82.2 cm³/mol. The van der Waals surface area contributed by atoms with Crippen LogP contribution in [0.3, 0.4) is 0 Å². The topological polar surface area (TPSA) is 44.2 Å². The number of ether oxygens (including phenoxy) is 2. The first-order valence-corrected chi connectivity index (χ1v) is 6.97. The van der Waals surface area contributed by atoms with E-state index in [1.165, 1.54) is 0 Å². The molecular weight excluding hydrogens is 288 g/mol. The number of fused-ring (bicyclic) bond motifs is 1. The van der Waals surface area contributed by atoms with Crippen molar-refractivity contribution >= 4 is 22.4 Å². The van der Waals surface area contributed by atoms with Gasteiger partial charge in [0.2, 0.25) is 5.88 Å². The molecule has 0 radical (unpaired) electrons. The van der Waals surface area contributed by atoms with Crippen molar-refractivity contribution in [3.8, 4) is 17.4 Å². The lowest BCUT2D eigenvalue weighted by atomic mass is 10.2. The van der Waals surface area contributed by atoms with Gasteiger partial charge < -0.3 is 9.47 Å². The van der Waals surface area contributed by atoms with Crippen LogP contribution in [0.1, 0.15) is 6.92 Å². The summed E-state index contributed by atoms with van der Waals surface area (Å²) in [5.74, 6) is 1.90. The zero-order valence-electron chi connectivity index (χ0n) is 11.4. The molecule has 1 aromatic heterocycles. The molecule has 0 aliphatic carbocycles. The number of hydrogen-bond donors (Lipinski definition) is 0.